The van der Waals surface area contributed by atoms with E-state index in [1.807, 2.05) is 50.2 Å². The van der Waals surface area contributed by atoms with Crippen LogP contribution in [0.4, 0.5) is 5.88 Å². The molecular weight excluding hydrogens is 474 g/mol. The molecule has 0 N–H and O–H groups in total. The predicted octanol–water partition coefficient (Wildman–Crippen LogP) is 4.36. The van der Waals surface area contributed by atoms with Crippen LogP contribution < -0.4 is 19.8 Å². The average molecular weight is 508 g/mol. The molecule has 1 atom stereocenters. The van der Waals surface area contributed by atoms with Gasteiger partial charge in [-0.25, -0.2) is 9.79 Å². The number of rotatable bonds is 8. The molecular formula is C28H33N3O4S. The smallest absolute Gasteiger partial charge is 0.338 e. The number of ether oxygens (including phenoxy) is 1. The van der Waals surface area contributed by atoms with Gasteiger partial charge >= 0.3 is 5.97 Å². The lowest BCUT2D eigenvalue weighted by Crippen LogP contribution is -2.40. The van der Waals surface area contributed by atoms with Gasteiger partial charge < -0.3 is 14.1 Å². The first kappa shape index (κ1) is 25.7. The van der Waals surface area contributed by atoms with E-state index in [2.05, 4.69) is 26.0 Å². The summed E-state index contributed by atoms with van der Waals surface area (Å²) in [5.74, 6) is 1.22. The van der Waals surface area contributed by atoms with Crippen molar-refractivity contribution in [2.75, 3.05) is 25.6 Å². The lowest BCUT2D eigenvalue weighted by atomic mass is 9.92. The van der Waals surface area contributed by atoms with Crippen LogP contribution in [0.5, 0.6) is 0 Å². The Morgan fingerprint density at radius 1 is 1.19 bits per heavy atom. The quantitative estimate of drug-likeness (QED) is 0.424. The molecule has 0 fully saturated rings. The van der Waals surface area contributed by atoms with Gasteiger partial charge in [0.1, 0.15) is 5.76 Å². The molecule has 0 unspecified atom stereocenters. The molecule has 1 aliphatic rings. The van der Waals surface area contributed by atoms with Gasteiger partial charge in [0.25, 0.3) is 5.56 Å². The second kappa shape index (κ2) is 10.7. The molecule has 0 radical (unpaired) electrons. The van der Waals surface area contributed by atoms with Crippen molar-refractivity contribution in [3.63, 3.8) is 0 Å². The third kappa shape index (κ3) is 4.95. The Morgan fingerprint density at radius 3 is 2.50 bits per heavy atom. The molecule has 190 valence electrons. The van der Waals surface area contributed by atoms with Crippen molar-refractivity contribution >= 4 is 29.3 Å². The molecule has 4 rings (SSSR count). The molecule has 1 aliphatic heterocycles. The lowest BCUT2D eigenvalue weighted by molar-refractivity contribution is -0.139. The van der Waals surface area contributed by atoms with Gasteiger partial charge in [0.15, 0.2) is 10.7 Å². The van der Waals surface area contributed by atoms with Crippen molar-refractivity contribution in [2.24, 2.45) is 4.99 Å². The van der Waals surface area contributed by atoms with Crippen molar-refractivity contribution in [1.82, 2.24) is 4.57 Å². The van der Waals surface area contributed by atoms with Gasteiger partial charge in [-0.05, 0) is 36.5 Å². The molecule has 0 bridgehead atoms. The van der Waals surface area contributed by atoms with Crippen molar-refractivity contribution in [2.45, 2.75) is 52.5 Å². The molecule has 8 heteroatoms. The van der Waals surface area contributed by atoms with E-state index in [0.29, 0.717) is 44.6 Å². The highest BCUT2D eigenvalue weighted by Crippen LogP contribution is 2.33. The van der Waals surface area contributed by atoms with Crippen molar-refractivity contribution in [3.05, 3.63) is 84.2 Å². The Morgan fingerprint density at radius 2 is 1.92 bits per heavy atom. The van der Waals surface area contributed by atoms with Gasteiger partial charge in [0.2, 0.25) is 0 Å². The van der Waals surface area contributed by atoms with Crippen molar-refractivity contribution < 1.29 is 13.9 Å². The Labute approximate surface area is 215 Å². The van der Waals surface area contributed by atoms with E-state index in [-0.39, 0.29) is 12.2 Å². The van der Waals surface area contributed by atoms with Crippen LogP contribution in [-0.4, -0.2) is 31.2 Å². The van der Waals surface area contributed by atoms with E-state index in [4.69, 9.17) is 14.1 Å². The number of allylic oxidation sites excluding steroid dienone is 1. The van der Waals surface area contributed by atoms with Crippen LogP contribution in [0.25, 0.3) is 6.08 Å². The van der Waals surface area contributed by atoms with E-state index in [0.717, 1.165) is 12.0 Å². The molecule has 7 nitrogen and oxygen atoms in total. The number of nitrogens with zero attached hydrogens (tertiary/aromatic N) is 3. The first-order valence-corrected chi connectivity index (χ1v) is 13.2. The summed E-state index contributed by atoms with van der Waals surface area (Å²) in [6.07, 6.45) is 3.17. The Kier molecular flexibility index (Phi) is 7.64. The van der Waals surface area contributed by atoms with E-state index < -0.39 is 12.0 Å². The summed E-state index contributed by atoms with van der Waals surface area (Å²) in [6.45, 7) is 8.35. The van der Waals surface area contributed by atoms with Crippen LogP contribution in [-0.2, 0) is 9.53 Å². The molecule has 36 heavy (non-hydrogen) atoms. The average Bonchev–Trinajstić information content (AvgIpc) is 3.43. The molecule has 0 aliphatic carbocycles. The molecule has 3 heterocycles. The minimum Gasteiger partial charge on any atom is -0.463 e. The summed E-state index contributed by atoms with van der Waals surface area (Å²) in [5, 5.41) is 0. The van der Waals surface area contributed by atoms with Gasteiger partial charge in [0, 0.05) is 26.2 Å². The van der Waals surface area contributed by atoms with Gasteiger partial charge in [0.05, 0.1) is 28.5 Å². The normalized spacial score (nSPS) is 15.8. The zero-order valence-corrected chi connectivity index (χ0v) is 22.5. The Hall–Kier alpha value is -3.39. The van der Waals surface area contributed by atoms with Crippen LogP contribution in [0.2, 0.25) is 0 Å². The first-order valence-electron chi connectivity index (χ1n) is 12.3. The zero-order valence-electron chi connectivity index (χ0n) is 21.7. The summed E-state index contributed by atoms with van der Waals surface area (Å²) in [7, 11) is 3.79. The Bertz CT molecular complexity index is 1460. The van der Waals surface area contributed by atoms with Crippen LogP contribution in [0.15, 0.2) is 61.9 Å². The number of hydrogen-bond acceptors (Lipinski definition) is 7. The van der Waals surface area contributed by atoms with E-state index in [1.54, 1.807) is 17.6 Å². The van der Waals surface area contributed by atoms with Gasteiger partial charge in [-0.3, -0.25) is 9.36 Å². The summed E-state index contributed by atoms with van der Waals surface area (Å²) < 4.78 is 13.4. The van der Waals surface area contributed by atoms with Gasteiger partial charge in [-0.15, -0.1) is 0 Å². The summed E-state index contributed by atoms with van der Waals surface area (Å²) in [6, 6.07) is 11.2. The number of thiazole rings is 1. The molecule has 3 aromatic rings. The second-order valence-corrected chi connectivity index (χ2v) is 10.3. The molecule has 0 saturated carbocycles. The van der Waals surface area contributed by atoms with Gasteiger partial charge in [-0.1, -0.05) is 62.8 Å². The number of fused-ring (bicyclic) bond motifs is 1. The monoisotopic (exact) mass is 507 g/mol. The van der Waals surface area contributed by atoms with Crippen LogP contribution in [0.3, 0.4) is 0 Å². The lowest BCUT2D eigenvalue weighted by Gasteiger charge is -2.26. The molecule has 0 saturated heterocycles. The number of carbonyl (C=O) groups excluding carboxylic acids is 1. The fourth-order valence-electron chi connectivity index (χ4n) is 4.29. The topological polar surface area (TPSA) is 77.0 Å². The maximum Gasteiger partial charge on any atom is 0.338 e. The minimum atomic E-state index is -0.612. The third-order valence-electron chi connectivity index (χ3n) is 6.14. The number of benzene rings is 1. The SMILES string of the molecule is CCCC1=C(C(=O)OCC)[C@H](c2ccc(C(C)C)cc2)n2c(s/c(=C\c3ccc(N(C)C)o3)c2=O)=N1. The molecule has 2 aromatic heterocycles. The maximum atomic E-state index is 13.8. The number of anilines is 1. The number of aromatic nitrogens is 1. The predicted molar refractivity (Wildman–Crippen MR) is 143 cm³/mol. The van der Waals surface area contributed by atoms with Crippen molar-refractivity contribution in [1.29, 1.82) is 0 Å². The van der Waals surface area contributed by atoms with Crippen molar-refractivity contribution in [3.8, 4) is 0 Å². The number of esters is 1. The highest BCUT2D eigenvalue weighted by Gasteiger charge is 2.34. The number of furan rings is 1. The summed E-state index contributed by atoms with van der Waals surface area (Å²) >= 11 is 1.31. The highest BCUT2D eigenvalue weighted by molar-refractivity contribution is 7.07. The fourth-order valence-corrected chi connectivity index (χ4v) is 5.29. The zero-order chi connectivity index (χ0) is 26.0. The fraction of sp³-hybridized carbons (Fsp3) is 0.393. The minimum absolute atomic E-state index is 0.211. The van der Waals surface area contributed by atoms with Crippen LogP contribution >= 0.6 is 11.3 Å². The number of hydrogen-bond donors (Lipinski definition) is 0. The Balaban J connectivity index is 1.95. The second-order valence-electron chi connectivity index (χ2n) is 9.31. The maximum absolute atomic E-state index is 13.8. The third-order valence-corrected chi connectivity index (χ3v) is 7.12. The molecule has 0 amide bonds. The van der Waals surface area contributed by atoms with E-state index >= 15 is 0 Å². The molecule has 0 spiro atoms. The van der Waals surface area contributed by atoms with E-state index in [9.17, 15) is 9.59 Å². The number of carbonyl (C=O) groups is 1. The first-order chi connectivity index (χ1) is 17.2. The standard InChI is InChI=1S/C28H33N3O4S/c1-7-9-21-24(27(33)34-8-2)25(19-12-10-18(11-13-19)17(3)4)31-26(32)22(36-28(31)29-21)16-20-14-15-23(35-20)30(5)6/h10-17,25H,7-9H2,1-6H3/b22-16-/t25-/m0/s1. The summed E-state index contributed by atoms with van der Waals surface area (Å²) in [5.41, 5.74) is 2.94. The van der Waals surface area contributed by atoms with E-state index in [1.165, 1.54) is 16.9 Å². The highest BCUT2D eigenvalue weighted by atomic mass is 32.1. The van der Waals surface area contributed by atoms with Gasteiger partial charge in [-0.2, -0.15) is 0 Å². The van der Waals surface area contributed by atoms with Crippen LogP contribution in [0, 0.1) is 0 Å². The van der Waals surface area contributed by atoms with Crippen LogP contribution in [0.1, 0.15) is 69.4 Å². The largest absolute Gasteiger partial charge is 0.463 e. The molecule has 1 aromatic carbocycles. The summed E-state index contributed by atoms with van der Waals surface area (Å²) in [4.78, 5) is 34.2.